The van der Waals surface area contributed by atoms with Crippen molar-refractivity contribution < 1.29 is 15.3 Å². The highest BCUT2D eigenvalue weighted by Crippen LogP contribution is 2.48. The Morgan fingerprint density at radius 1 is 1.15 bits per heavy atom. The monoisotopic (exact) mass is 358 g/mol. The second kappa shape index (κ2) is 7.11. The van der Waals surface area contributed by atoms with Crippen LogP contribution in [0.1, 0.15) is 77.8 Å². The summed E-state index contributed by atoms with van der Waals surface area (Å²) in [7, 11) is 0. The van der Waals surface area contributed by atoms with Crippen molar-refractivity contribution in [2.45, 2.75) is 77.7 Å². The van der Waals surface area contributed by atoms with Crippen LogP contribution in [0, 0.1) is 5.92 Å². The van der Waals surface area contributed by atoms with Crippen LogP contribution in [0.5, 0.6) is 11.5 Å². The molecule has 1 aliphatic rings. The zero-order valence-corrected chi connectivity index (χ0v) is 17.1. The average molecular weight is 359 g/mol. The molecule has 26 heavy (non-hydrogen) atoms. The zero-order valence-electron chi connectivity index (χ0n) is 17.1. The van der Waals surface area contributed by atoms with Crippen LogP contribution in [0.25, 0.3) is 0 Å². The molecule has 3 heteroatoms. The van der Waals surface area contributed by atoms with E-state index in [4.69, 9.17) is 0 Å². The van der Waals surface area contributed by atoms with Crippen LogP contribution in [-0.4, -0.2) is 20.9 Å². The summed E-state index contributed by atoms with van der Waals surface area (Å²) in [5.74, 6) is 0.385. The Kier molecular flexibility index (Phi) is 5.63. The number of phenolic OH excluding ortho intramolecular Hbond substituents is 2. The fourth-order valence-electron chi connectivity index (χ4n) is 4.45. The first-order valence-electron chi connectivity index (χ1n) is 9.43. The number of benzene rings is 1. The van der Waals surface area contributed by atoms with E-state index in [1.807, 2.05) is 20.8 Å². The summed E-state index contributed by atoms with van der Waals surface area (Å²) in [5.41, 5.74) is 2.54. The van der Waals surface area contributed by atoms with E-state index in [0.29, 0.717) is 12.0 Å². The van der Waals surface area contributed by atoms with Crippen LogP contribution in [0.4, 0.5) is 0 Å². The minimum Gasteiger partial charge on any atom is -0.507 e. The molecule has 0 fully saturated rings. The highest BCUT2D eigenvalue weighted by molar-refractivity contribution is 5.53. The van der Waals surface area contributed by atoms with Gasteiger partial charge in [0, 0.05) is 11.5 Å². The van der Waals surface area contributed by atoms with E-state index >= 15 is 0 Å². The number of hydrogen-bond acceptors (Lipinski definition) is 3. The summed E-state index contributed by atoms with van der Waals surface area (Å²) >= 11 is 0. The maximum Gasteiger partial charge on any atom is 0.123 e. The first kappa shape index (κ1) is 20.6. The number of aromatic hydroxyl groups is 2. The van der Waals surface area contributed by atoms with E-state index in [0.717, 1.165) is 24.0 Å². The molecular formula is C23H34O3. The standard InChI is InChI=1S/C23H34O3/c1-14(2)17-9-8-15(3)10-18(17)21-19(24)11-16(12-20(21)25)22(4,5)13-23(6,7)26/h10-12,17-18,24-26H,1,8-9,13H2,2-7H3/t17?,18-/m1/s1. The molecule has 0 aliphatic heterocycles. The number of aliphatic hydroxyl groups is 1. The largest absolute Gasteiger partial charge is 0.507 e. The zero-order chi connectivity index (χ0) is 19.9. The van der Waals surface area contributed by atoms with E-state index in [1.165, 1.54) is 5.57 Å². The van der Waals surface area contributed by atoms with Crippen molar-refractivity contribution in [1.29, 1.82) is 0 Å². The van der Waals surface area contributed by atoms with E-state index in [-0.39, 0.29) is 28.7 Å². The molecule has 2 rings (SSSR count). The Balaban J connectivity index is 2.50. The second-order valence-electron chi connectivity index (χ2n) is 9.33. The Labute approximate surface area is 158 Å². The summed E-state index contributed by atoms with van der Waals surface area (Å²) in [6.45, 7) is 15.8. The Hall–Kier alpha value is -1.74. The summed E-state index contributed by atoms with van der Waals surface area (Å²) in [4.78, 5) is 0. The predicted octanol–water partition coefficient (Wildman–Crippen LogP) is 5.55. The molecule has 0 saturated heterocycles. The minimum absolute atomic E-state index is 0.0623. The van der Waals surface area contributed by atoms with Crippen molar-refractivity contribution in [2.24, 2.45) is 5.92 Å². The Bertz CT molecular complexity index is 696. The van der Waals surface area contributed by atoms with Gasteiger partial charge in [-0.3, -0.25) is 0 Å². The second-order valence-corrected chi connectivity index (χ2v) is 9.33. The third-order valence-corrected chi connectivity index (χ3v) is 5.51. The molecule has 1 aromatic carbocycles. The lowest BCUT2D eigenvalue weighted by atomic mass is 9.72. The molecule has 3 N–H and O–H groups in total. The van der Waals surface area contributed by atoms with Crippen molar-refractivity contribution in [3.63, 3.8) is 0 Å². The highest BCUT2D eigenvalue weighted by Gasteiger charge is 2.33. The lowest BCUT2D eigenvalue weighted by molar-refractivity contribution is 0.0500. The van der Waals surface area contributed by atoms with Crippen molar-refractivity contribution >= 4 is 0 Å². The normalized spacial score (nSPS) is 21.4. The minimum atomic E-state index is -0.832. The van der Waals surface area contributed by atoms with Gasteiger partial charge in [-0.1, -0.05) is 37.6 Å². The number of allylic oxidation sites excluding steroid dienone is 3. The van der Waals surface area contributed by atoms with Crippen LogP contribution in [-0.2, 0) is 5.41 Å². The van der Waals surface area contributed by atoms with Gasteiger partial charge in [0.2, 0.25) is 0 Å². The molecular weight excluding hydrogens is 324 g/mol. The molecule has 0 saturated carbocycles. The van der Waals surface area contributed by atoms with Gasteiger partial charge >= 0.3 is 0 Å². The van der Waals surface area contributed by atoms with Gasteiger partial charge in [-0.2, -0.15) is 0 Å². The summed E-state index contributed by atoms with van der Waals surface area (Å²) < 4.78 is 0. The van der Waals surface area contributed by atoms with Crippen LogP contribution in [0.2, 0.25) is 0 Å². The lowest BCUT2D eigenvalue weighted by Crippen LogP contribution is -2.31. The van der Waals surface area contributed by atoms with E-state index in [2.05, 4.69) is 19.6 Å². The maximum absolute atomic E-state index is 10.8. The Morgan fingerprint density at radius 3 is 2.15 bits per heavy atom. The molecule has 0 bridgehead atoms. The van der Waals surface area contributed by atoms with Crippen LogP contribution in [0.3, 0.4) is 0 Å². The molecule has 1 aromatic rings. The van der Waals surface area contributed by atoms with Crippen molar-refractivity contribution in [3.8, 4) is 11.5 Å². The molecule has 0 spiro atoms. The molecule has 0 radical (unpaired) electrons. The molecule has 1 aliphatic carbocycles. The maximum atomic E-state index is 10.8. The topological polar surface area (TPSA) is 60.7 Å². The first-order valence-corrected chi connectivity index (χ1v) is 9.43. The number of rotatable bonds is 5. The van der Waals surface area contributed by atoms with Crippen molar-refractivity contribution in [2.75, 3.05) is 0 Å². The van der Waals surface area contributed by atoms with Gasteiger partial charge in [-0.05, 0) is 76.0 Å². The smallest absolute Gasteiger partial charge is 0.123 e. The van der Waals surface area contributed by atoms with Crippen LogP contribution < -0.4 is 0 Å². The average Bonchev–Trinajstić information content (AvgIpc) is 2.43. The fraction of sp³-hybridized carbons (Fsp3) is 0.565. The van der Waals surface area contributed by atoms with Gasteiger partial charge in [0.05, 0.1) is 5.60 Å². The number of hydrogen-bond donors (Lipinski definition) is 3. The van der Waals surface area contributed by atoms with Crippen LogP contribution >= 0.6 is 0 Å². The first-order chi connectivity index (χ1) is 11.8. The van der Waals surface area contributed by atoms with E-state index in [9.17, 15) is 15.3 Å². The summed E-state index contributed by atoms with van der Waals surface area (Å²) in [6.07, 6.45) is 4.67. The fourth-order valence-corrected chi connectivity index (χ4v) is 4.45. The molecule has 2 atom stereocenters. The van der Waals surface area contributed by atoms with Gasteiger partial charge in [0.15, 0.2) is 0 Å². The summed E-state index contributed by atoms with van der Waals surface area (Å²) in [6, 6.07) is 3.49. The highest BCUT2D eigenvalue weighted by atomic mass is 16.3. The van der Waals surface area contributed by atoms with E-state index < -0.39 is 5.60 Å². The van der Waals surface area contributed by atoms with Crippen molar-refractivity contribution in [1.82, 2.24) is 0 Å². The quantitative estimate of drug-likeness (QED) is 0.605. The molecule has 0 heterocycles. The van der Waals surface area contributed by atoms with E-state index in [1.54, 1.807) is 26.0 Å². The predicted molar refractivity (Wildman–Crippen MR) is 108 cm³/mol. The Morgan fingerprint density at radius 2 is 1.69 bits per heavy atom. The van der Waals surface area contributed by atoms with Gasteiger partial charge in [-0.15, -0.1) is 0 Å². The lowest BCUT2D eigenvalue weighted by Gasteiger charge is -2.34. The molecule has 0 amide bonds. The molecule has 3 nitrogen and oxygen atoms in total. The summed E-state index contributed by atoms with van der Waals surface area (Å²) in [5, 5.41) is 31.8. The van der Waals surface area contributed by atoms with Crippen molar-refractivity contribution in [3.05, 3.63) is 47.1 Å². The van der Waals surface area contributed by atoms with Gasteiger partial charge in [0.25, 0.3) is 0 Å². The SMILES string of the molecule is C=C(C)C1CCC(C)=C[C@H]1c1c(O)cc(C(C)(C)CC(C)(C)O)cc1O. The molecule has 0 aromatic heterocycles. The van der Waals surface area contributed by atoms with Gasteiger partial charge in [-0.25, -0.2) is 0 Å². The van der Waals surface area contributed by atoms with Crippen LogP contribution in [0.15, 0.2) is 35.9 Å². The number of phenols is 2. The third kappa shape index (κ3) is 4.50. The third-order valence-electron chi connectivity index (χ3n) is 5.51. The van der Waals surface area contributed by atoms with Gasteiger partial charge < -0.3 is 15.3 Å². The van der Waals surface area contributed by atoms with Gasteiger partial charge in [0.1, 0.15) is 11.5 Å². The molecule has 144 valence electrons. The molecule has 1 unspecified atom stereocenters.